The van der Waals surface area contributed by atoms with E-state index in [0.717, 1.165) is 32.1 Å². The number of sulfonamides is 1. The second-order valence-electron chi connectivity index (χ2n) is 4.36. The fourth-order valence-electron chi connectivity index (χ4n) is 2.06. The lowest BCUT2D eigenvalue weighted by Gasteiger charge is -2.26. The minimum absolute atomic E-state index is 0.191. The van der Waals surface area contributed by atoms with Crippen LogP contribution in [0.15, 0.2) is 0 Å². The molecule has 0 spiro atoms. The Labute approximate surface area is 98.4 Å². The van der Waals surface area contributed by atoms with Crippen molar-refractivity contribution in [2.24, 2.45) is 5.92 Å². The highest BCUT2D eigenvalue weighted by molar-refractivity contribution is 7.86. The summed E-state index contributed by atoms with van der Waals surface area (Å²) in [6.07, 6.45) is 5.11. The van der Waals surface area contributed by atoms with E-state index in [2.05, 4.69) is 0 Å². The minimum Gasteiger partial charge on any atom is -0.618 e. The van der Waals surface area contributed by atoms with Crippen molar-refractivity contribution in [2.75, 3.05) is 6.54 Å². The molecule has 102 valence electrons. The standard InChI is InChI=1S/C9H16F3NO3S/c10-9(11,12)17(15,16)13(14)7-6-8-4-2-1-3-5-8/h8,13H,1-7H2. The molecule has 1 aliphatic rings. The van der Waals surface area contributed by atoms with Gasteiger partial charge in [-0.15, -0.1) is 0 Å². The number of rotatable bonds is 4. The molecule has 1 atom stereocenters. The molecule has 1 N–H and O–H groups in total. The van der Waals surface area contributed by atoms with Gasteiger partial charge in [-0.05, 0) is 5.92 Å². The molecule has 8 heteroatoms. The fraction of sp³-hybridized carbons (Fsp3) is 1.00. The van der Waals surface area contributed by atoms with Gasteiger partial charge in [-0.1, -0.05) is 32.1 Å². The zero-order chi connectivity index (χ0) is 13.1. The van der Waals surface area contributed by atoms with Crippen molar-refractivity contribution in [1.82, 2.24) is 0 Å². The third kappa shape index (κ3) is 3.82. The average Bonchev–Trinajstić information content (AvgIpc) is 2.25. The van der Waals surface area contributed by atoms with Gasteiger partial charge in [0.25, 0.3) is 0 Å². The van der Waals surface area contributed by atoms with E-state index >= 15 is 0 Å². The van der Waals surface area contributed by atoms with Crippen LogP contribution >= 0.6 is 0 Å². The van der Waals surface area contributed by atoms with Crippen molar-refractivity contribution in [3.63, 3.8) is 0 Å². The molecule has 0 aromatic rings. The zero-order valence-corrected chi connectivity index (χ0v) is 10.1. The Morgan fingerprint density at radius 3 is 2.18 bits per heavy atom. The number of nitrogens with one attached hydrogen (secondary N) is 1. The molecule has 1 unspecified atom stereocenters. The lowest BCUT2D eigenvalue weighted by molar-refractivity contribution is -0.712. The summed E-state index contributed by atoms with van der Waals surface area (Å²) < 4.78 is 55.9. The van der Waals surface area contributed by atoms with Crippen molar-refractivity contribution in [1.29, 1.82) is 0 Å². The quantitative estimate of drug-likeness (QED) is 0.784. The van der Waals surface area contributed by atoms with E-state index in [1.807, 2.05) is 0 Å². The molecular weight excluding hydrogens is 259 g/mol. The van der Waals surface area contributed by atoms with Gasteiger partial charge in [0.1, 0.15) is 0 Å². The van der Waals surface area contributed by atoms with Gasteiger partial charge in [-0.25, -0.2) is 0 Å². The van der Waals surface area contributed by atoms with Crippen LogP contribution in [0.1, 0.15) is 38.5 Å². The maximum Gasteiger partial charge on any atom is 0.549 e. The number of quaternary nitrogens is 1. The highest BCUT2D eigenvalue weighted by Gasteiger charge is 2.51. The molecule has 0 radical (unpaired) electrons. The van der Waals surface area contributed by atoms with Crippen molar-refractivity contribution in [3.8, 4) is 0 Å². The highest BCUT2D eigenvalue weighted by Crippen LogP contribution is 2.25. The average molecular weight is 275 g/mol. The summed E-state index contributed by atoms with van der Waals surface area (Å²) in [5.74, 6) is 0.191. The first-order valence-corrected chi connectivity index (χ1v) is 7.07. The number of alkyl halides is 3. The van der Waals surface area contributed by atoms with Crippen LogP contribution in [0.4, 0.5) is 13.2 Å². The van der Waals surface area contributed by atoms with Crippen molar-refractivity contribution in [2.45, 2.75) is 44.0 Å². The summed E-state index contributed by atoms with van der Waals surface area (Å²) in [4.78, 5) is 0. The smallest absolute Gasteiger partial charge is 0.549 e. The van der Waals surface area contributed by atoms with E-state index in [0.29, 0.717) is 0 Å². The van der Waals surface area contributed by atoms with Gasteiger partial charge < -0.3 is 5.21 Å². The minimum atomic E-state index is -5.62. The van der Waals surface area contributed by atoms with Crippen LogP contribution in [-0.2, 0) is 10.0 Å². The maximum atomic E-state index is 12.0. The number of hydrogen-bond acceptors (Lipinski definition) is 3. The van der Waals surface area contributed by atoms with Gasteiger partial charge in [-0.3, -0.25) is 4.47 Å². The molecule has 0 heterocycles. The Hall–Kier alpha value is -0.340. The van der Waals surface area contributed by atoms with E-state index < -0.39 is 26.5 Å². The summed E-state index contributed by atoms with van der Waals surface area (Å²) in [7, 11) is -5.62. The summed E-state index contributed by atoms with van der Waals surface area (Å²) in [5.41, 5.74) is -5.46. The normalized spacial score (nSPS) is 21.4. The molecule has 1 saturated carbocycles. The third-order valence-electron chi connectivity index (χ3n) is 3.09. The SMILES string of the molecule is O=S(=O)([NH+]([O-])CCC1CCCCC1)C(F)(F)F. The Kier molecular flexibility index (Phi) is 4.79. The van der Waals surface area contributed by atoms with E-state index in [4.69, 9.17) is 0 Å². The molecule has 0 aromatic carbocycles. The van der Waals surface area contributed by atoms with Crippen molar-refractivity contribution < 1.29 is 26.1 Å². The third-order valence-corrected chi connectivity index (χ3v) is 4.50. The van der Waals surface area contributed by atoms with Crippen LogP contribution in [-0.4, -0.2) is 20.5 Å². The Morgan fingerprint density at radius 1 is 1.18 bits per heavy atom. The molecule has 1 aliphatic carbocycles. The number of hydroxylamine groups is 1. The first-order valence-electron chi connectivity index (χ1n) is 5.59. The second kappa shape index (κ2) is 5.53. The summed E-state index contributed by atoms with van der Waals surface area (Å²) in [6.45, 7) is -0.521. The van der Waals surface area contributed by atoms with Gasteiger partial charge in [0.05, 0.1) is 6.54 Å². The topological polar surface area (TPSA) is 61.6 Å². The van der Waals surface area contributed by atoms with Crippen LogP contribution in [0.2, 0.25) is 0 Å². The fourth-order valence-corrected chi connectivity index (χ4v) is 2.71. The first kappa shape index (κ1) is 14.7. The number of hydrogen-bond donors (Lipinski definition) is 1. The molecule has 0 amide bonds. The molecule has 4 nitrogen and oxygen atoms in total. The van der Waals surface area contributed by atoms with Crippen LogP contribution in [0, 0.1) is 11.1 Å². The summed E-state index contributed by atoms with van der Waals surface area (Å²) >= 11 is 0. The lowest BCUT2D eigenvalue weighted by atomic mass is 9.87. The Morgan fingerprint density at radius 2 is 1.71 bits per heavy atom. The summed E-state index contributed by atoms with van der Waals surface area (Å²) in [6, 6.07) is 0. The largest absolute Gasteiger partial charge is 0.618 e. The Bertz CT molecular complexity index is 336. The summed E-state index contributed by atoms with van der Waals surface area (Å²) in [5, 5.41) is 11.0. The zero-order valence-electron chi connectivity index (χ0n) is 9.29. The molecule has 1 rings (SSSR count). The van der Waals surface area contributed by atoms with Crippen LogP contribution < -0.4 is 4.47 Å². The predicted octanol–water partition coefficient (Wildman–Crippen LogP) is 1.19. The van der Waals surface area contributed by atoms with Crippen LogP contribution in [0.3, 0.4) is 0 Å². The van der Waals surface area contributed by atoms with Crippen molar-refractivity contribution >= 4 is 10.0 Å². The first-order chi connectivity index (χ1) is 7.75. The Balaban J connectivity index is 2.46. The van der Waals surface area contributed by atoms with E-state index in [9.17, 15) is 26.8 Å². The van der Waals surface area contributed by atoms with Gasteiger partial charge in [0.2, 0.25) is 0 Å². The monoisotopic (exact) mass is 275 g/mol. The molecule has 17 heavy (non-hydrogen) atoms. The maximum absolute atomic E-state index is 12.0. The molecule has 0 aromatic heterocycles. The molecule has 0 bridgehead atoms. The molecule has 0 saturated heterocycles. The molecular formula is C9H16F3NO3S. The number of halogens is 3. The van der Waals surface area contributed by atoms with E-state index in [1.54, 1.807) is 0 Å². The van der Waals surface area contributed by atoms with Gasteiger partial charge in [0, 0.05) is 6.42 Å². The van der Waals surface area contributed by atoms with Crippen molar-refractivity contribution in [3.05, 3.63) is 5.21 Å². The van der Waals surface area contributed by atoms with Crippen LogP contribution in [0.5, 0.6) is 0 Å². The van der Waals surface area contributed by atoms with Gasteiger partial charge in [-0.2, -0.15) is 21.6 Å². The molecule has 0 aliphatic heterocycles. The van der Waals surface area contributed by atoms with Crippen LogP contribution in [0.25, 0.3) is 0 Å². The molecule has 1 fully saturated rings. The second-order valence-corrected chi connectivity index (χ2v) is 6.29. The van der Waals surface area contributed by atoms with E-state index in [1.165, 1.54) is 0 Å². The van der Waals surface area contributed by atoms with Gasteiger partial charge >= 0.3 is 15.5 Å². The predicted molar refractivity (Wildman–Crippen MR) is 55.4 cm³/mol. The lowest BCUT2D eigenvalue weighted by Crippen LogP contribution is -3.10. The highest BCUT2D eigenvalue weighted by atomic mass is 32.2. The van der Waals surface area contributed by atoms with E-state index in [-0.39, 0.29) is 12.3 Å². The van der Waals surface area contributed by atoms with Gasteiger partial charge in [0.15, 0.2) is 0 Å².